The monoisotopic (exact) mass is 334 g/mol. The minimum absolute atomic E-state index is 0.149. The third kappa shape index (κ3) is 3.13. The van der Waals surface area contributed by atoms with E-state index in [1.165, 1.54) is 30.7 Å². The fraction of sp³-hybridized carbons (Fsp3) is 0. The lowest BCUT2D eigenvalue weighted by Crippen LogP contribution is -2.12. The molecule has 3 aromatic rings. The number of rotatable bonds is 4. The van der Waals surface area contributed by atoms with Gasteiger partial charge in [-0.1, -0.05) is 11.6 Å². The molecule has 3 rings (SSSR count). The minimum Gasteiger partial charge on any atom is -0.444 e. The summed E-state index contributed by atoms with van der Waals surface area (Å²) in [4.78, 5) is 3.99. The molecule has 1 heterocycles. The van der Waals surface area contributed by atoms with Crippen LogP contribution in [0.1, 0.15) is 0 Å². The molecule has 0 aliphatic rings. The van der Waals surface area contributed by atoms with Gasteiger partial charge in [0.05, 0.1) is 11.1 Å². The van der Waals surface area contributed by atoms with E-state index in [0.29, 0.717) is 16.5 Å². The second-order valence-electron chi connectivity index (χ2n) is 4.50. The molecule has 1 aromatic heterocycles. The van der Waals surface area contributed by atoms with Gasteiger partial charge in [0.25, 0.3) is 10.0 Å². The number of sulfonamides is 1. The summed E-state index contributed by atoms with van der Waals surface area (Å²) in [5.74, 6) is 0.618. The van der Waals surface area contributed by atoms with E-state index in [1.54, 1.807) is 30.5 Å². The normalized spacial score (nSPS) is 11.3. The first kappa shape index (κ1) is 14.6. The molecule has 0 saturated carbocycles. The van der Waals surface area contributed by atoms with Crippen molar-refractivity contribution in [2.24, 2.45) is 0 Å². The van der Waals surface area contributed by atoms with Crippen LogP contribution in [-0.2, 0) is 10.0 Å². The van der Waals surface area contributed by atoms with Crippen molar-refractivity contribution in [2.45, 2.75) is 4.90 Å². The smallest absolute Gasteiger partial charge is 0.261 e. The highest BCUT2D eigenvalue weighted by atomic mass is 35.5. The molecule has 0 bridgehead atoms. The summed E-state index contributed by atoms with van der Waals surface area (Å²) in [6.45, 7) is 0. The van der Waals surface area contributed by atoms with E-state index in [1.807, 2.05) is 0 Å². The number of benzene rings is 2. The standard InChI is InChI=1S/C15H11ClN2O3S/c16-12-3-7-14(8-4-12)22(19,20)18-13-5-1-11(2-6-13)15-9-17-10-21-15/h1-10,18H. The minimum atomic E-state index is -3.64. The molecule has 0 unspecified atom stereocenters. The molecule has 0 spiro atoms. The van der Waals surface area contributed by atoms with Crippen LogP contribution in [0.2, 0.25) is 5.02 Å². The highest BCUT2D eigenvalue weighted by Gasteiger charge is 2.14. The van der Waals surface area contributed by atoms with Crippen LogP contribution in [0.5, 0.6) is 0 Å². The molecular weight excluding hydrogens is 324 g/mol. The molecule has 0 atom stereocenters. The van der Waals surface area contributed by atoms with Crippen molar-refractivity contribution < 1.29 is 12.8 Å². The molecule has 0 saturated heterocycles. The highest BCUT2D eigenvalue weighted by molar-refractivity contribution is 7.92. The number of aromatic nitrogens is 1. The van der Waals surface area contributed by atoms with Gasteiger partial charge in [0.2, 0.25) is 0 Å². The quantitative estimate of drug-likeness (QED) is 0.787. The molecule has 1 N–H and O–H groups in total. The lowest BCUT2D eigenvalue weighted by molar-refractivity contribution is 0.572. The Morgan fingerprint density at radius 1 is 1.00 bits per heavy atom. The fourth-order valence-corrected chi connectivity index (χ4v) is 3.07. The maximum Gasteiger partial charge on any atom is 0.261 e. The van der Waals surface area contributed by atoms with Crippen molar-refractivity contribution in [3.05, 3.63) is 66.1 Å². The van der Waals surface area contributed by atoms with Crippen molar-refractivity contribution in [1.82, 2.24) is 4.98 Å². The van der Waals surface area contributed by atoms with Crippen molar-refractivity contribution in [3.63, 3.8) is 0 Å². The molecule has 0 aliphatic carbocycles. The number of nitrogens with one attached hydrogen (secondary N) is 1. The number of anilines is 1. The third-order valence-corrected chi connectivity index (χ3v) is 4.63. The maximum atomic E-state index is 12.2. The molecule has 0 fully saturated rings. The Bertz CT molecular complexity index is 858. The molecule has 112 valence electrons. The molecule has 0 amide bonds. The Morgan fingerprint density at radius 2 is 1.68 bits per heavy atom. The van der Waals surface area contributed by atoms with E-state index in [9.17, 15) is 8.42 Å². The van der Waals surface area contributed by atoms with Gasteiger partial charge < -0.3 is 4.42 Å². The van der Waals surface area contributed by atoms with E-state index < -0.39 is 10.0 Å². The van der Waals surface area contributed by atoms with Gasteiger partial charge in [-0.05, 0) is 48.5 Å². The van der Waals surface area contributed by atoms with Gasteiger partial charge in [-0.2, -0.15) is 0 Å². The molecule has 0 radical (unpaired) electrons. The van der Waals surface area contributed by atoms with Crippen LogP contribution in [0.3, 0.4) is 0 Å². The Morgan fingerprint density at radius 3 is 2.27 bits per heavy atom. The van der Waals surface area contributed by atoms with E-state index in [2.05, 4.69) is 9.71 Å². The number of nitrogens with zero attached hydrogens (tertiary/aromatic N) is 1. The molecule has 7 heteroatoms. The Labute approximate surface area is 132 Å². The zero-order valence-corrected chi connectivity index (χ0v) is 12.8. The van der Waals surface area contributed by atoms with Gasteiger partial charge in [-0.15, -0.1) is 0 Å². The zero-order chi connectivity index (χ0) is 15.6. The van der Waals surface area contributed by atoms with Crippen molar-refractivity contribution in [2.75, 3.05) is 4.72 Å². The Balaban J connectivity index is 1.82. The largest absolute Gasteiger partial charge is 0.444 e. The SMILES string of the molecule is O=S(=O)(Nc1ccc(-c2cnco2)cc1)c1ccc(Cl)cc1. The predicted molar refractivity (Wildman–Crippen MR) is 84.2 cm³/mol. The number of halogens is 1. The van der Waals surface area contributed by atoms with E-state index in [0.717, 1.165) is 5.56 Å². The van der Waals surface area contributed by atoms with Gasteiger partial charge in [0, 0.05) is 16.3 Å². The van der Waals surface area contributed by atoms with Crippen molar-refractivity contribution >= 4 is 27.3 Å². The second-order valence-corrected chi connectivity index (χ2v) is 6.62. The lowest BCUT2D eigenvalue weighted by atomic mass is 10.2. The first-order chi connectivity index (χ1) is 10.5. The number of hydrogen-bond donors (Lipinski definition) is 1. The average Bonchev–Trinajstić information content (AvgIpc) is 3.02. The Kier molecular flexibility index (Phi) is 3.87. The van der Waals surface area contributed by atoms with Crippen LogP contribution in [-0.4, -0.2) is 13.4 Å². The van der Waals surface area contributed by atoms with E-state index >= 15 is 0 Å². The highest BCUT2D eigenvalue weighted by Crippen LogP contribution is 2.23. The first-order valence-electron chi connectivity index (χ1n) is 6.32. The summed E-state index contributed by atoms with van der Waals surface area (Å²) >= 11 is 5.76. The molecular formula is C15H11ClN2O3S. The fourth-order valence-electron chi connectivity index (χ4n) is 1.89. The predicted octanol–water partition coefficient (Wildman–Crippen LogP) is 3.80. The van der Waals surface area contributed by atoms with Crippen molar-refractivity contribution in [1.29, 1.82) is 0 Å². The van der Waals surface area contributed by atoms with Gasteiger partial charge in [0.15, 0.2) is 12.2 Å². The lowest BCUT2D eigenvalue weighted by Gasteiger charge is -2.08. The van der Waals surface area contributed by atoms with Crippen LogP contribution in [0.25, 0.3) is 11.3 Å². The summed E-state index contributed by atoms with van der Waals surface area (Å²) < 4.78 is 32.2. The molecule has 5 nitrogen and oxygen atoms in total. The summed E-state index contributed by atoms with van der Waals surface area (Å²) in [7, 11) is -3.64. The topological polar surface area (TPSA) is 72.2 Å². The second kappa shape index (κ2) is 5.82. The summed E-state index contributed by atoms with van der Waals surface area (Å²) in [6.07, 6.45) is 2.93. The third-order valence-electron chi connectivity index (χ3n) is 2.98. The number of oxazole rings is 1. The Hall–Kier alpha value is -2.31. The van der Waals surface area contributed by atoms with Gasteiger partial charge >= 0.3 is 0 Å². The molecule has 0 aliphatic heterocycles. The zero-order valence-electron chi connectivity index (χ0n) is 11.2. The van der Waals surface area contributed by atoms with Crippen molar-refractivity contribution in [3.8, 4) is 11.3 Å². The van der Waals surface area contributed by atoms with Crippen LogP contribution in [0.15, 0.2) is 70.4 Å². The first-order valence-corrected chi connectivity index (χ1v) is 8.18. The van der Waals surface area contributed by atoms with Crippen LogP contribution < -0.4 is 4.72 Å². The van der Waals surface area contributed by atoms with E-state index in [4.69, 9.17) is 16.0 Å². The van der Waals surface area contributed by atoms with Gasteiger partial charge in [-0.25, -0.2) is 13.4 Å². The summed E-state index contributed by atoms with van der Waals surface area (Å²) in [5.41, 5.74) is 1.27. The van der Waals surface area contributed by atoms with Gasteiger partial charge in [-0.3, -0.25) is 4.72 Å². The molecule has 22 heavy (non-hydrogen) atoms. The van der Waals surface area contributed by atoms with Crippen LogP contribution in [0, 0.1) is 0 Å². The summed E-state index contributed by atoms with van der Waals surface area (Å²) in [5, 5.41) is 0.482. The number of hydrogen-bond acceptors (Lipinski definition) is 4. The summed E-state index contributed by atoms with van der Waals surface area (Å²) in [6, 6.07) is 12.8. The maximum absolute atomic E-state index is 12.2. The molecule has 2 aromatic carbocycles. The average molecular weight is 335 g/mol. The van der Waals surface area contributed by atoms with Gasteiger partial charge in [0.1, 0.15) is 0 Å². The van der Waals surface area contributed by atoms with E-state index in [-0.39, 0.29) is 4.90 Å². The van der Waals surface area contributed by atoms with Crippen LogP contribution in [0.4, 0.5) is 5.69 Å². The van der Waals surface area contributed by atoms with Crippen LogP contribution >= 0.6 is 11.6 Å².